The number of nitrogens with one attached hydrogen (secondary N) is 1. The summed E-state index contributed by atoms with van der Waals surface area (Å²) >= 11 is 1.57. The molecule has 0 saturated carbocycles. The zero-order chi connectivity index (χ0) is 10.9. The zero-order valence-corrected chi connectivity index (χ0v) is 9.86. The van der Waals surface area contributed by atoms with Gasteiger partial charge in [-0.1, -0.05) is 18.2 Å². The summed E-state index contributed by atoms with van der Waals surface area (Å²) in [5.74, 6) is 0.0491. The molecule has 2 aromatic rings. The maximum atomic E-state index is 11.4. The molecule has 15 heavy (non-hydrogen) atoms. The predicted molar refractivity (Wildman–Crippen MR) is 63.5 cm³/mol. The van der Waals surface area contributed by atoms with Crippen LogP contribution in [0.4, 0.5) is 0 Å². The number of benzene rings is 1. The second-order valence-electron chi connectivity index (χ2n) is 3.22. The van der Waals surface area contributed by atoms with Gasteiger partial charge < -0.3 is 0 Å². The fourth-order valence-electron chi connectivity index (χ4n) is 1.42. The van der Waals surface area contributed by atoms with Crippen LogP contribution in [0, 0.1) is 0 Å². The largest absolute Gasteiger partial charge is 0.218 e. The molecule has 80 valence electrons. The van der Waals surface area contributed by atoms with Gasteiger partial charge in [0.1, 0.15) is 0 Å². The van der Waals surface area contributed by atoms with E-state index in [0.717, 1.165) is 15.6 Å². The standard InChI is InChI=1S/C10H11NO2S2/c1-11-15(12,13)7-8-6-14-10-5-3-2-4-9(8)10/h2-6,11H,7H2,1H3. The average Bonchev–Trinajstić information content (AvgIpc) is 2.62. The molecule has 0 aliphatic carbocycles. The Hall–Kier alpha value is -0.910. The van der Waals surface area contributed by atoms with E-state index >= 15 is 0 Å². The minimum absolute atomic E-state index is 0.0491. The van der Waals surface area contributed by atoms with Crippen molar-refractivity contribution in [3.63, 3.8) is 0 Å². The Bertz CT molecular complexity index is 572. The Labute approximate surface area is 92.8 Å². The van der Waals surface area contributed by atoms with Gasteiger partial charge in [0, 0.05) is 4.70 Å². The van der Waals surface area contributed by atoms with Gasteiger partial charge in [-0.3, -0.25) is 0 Å². The van der Waals surface area contributed by atoms with E-state index in [-0.39, 0.29) is 5.75 Å². The van der Waals surface area contributed by atoms with Crippen molar-refractivity contribution in [1.29, 1.82) is 0 Å². The molecule has 0 atom stereocenters. The summed E-state index contributed by atoms with van der Waals surface area (Å²) in [6.45, 7) is 0. The number of rotatable bonds is 3. The minimum Gasteiger partial charge on any atom is -0.218 e. The van der Waals surface area contributed by atoms with Gasteiger partial charge in [-0.15, -0.1) is 11.3 Å². The first-order valence-electron chi connectivity index (χ1n) is 4.49. The fraction of sp³-hybridized carbons (Fsp3) is 0.200. The van der Waals surface area contributed by atoms with Crippen LogP contribution < -0.4 is 4.72 Å². The van der Waals surface area contributed by atoms with Crippen LogP contribution in [-0.4, -0.2) is 15.5 Å². The lowest BCUT2D eigenvalue weighted by molar-refractivity contribution is 0.587. The number of hydrogen-bond acceptors (Lipinski definition) is 3. The lowest BCUT2D eigenvalue weighted by atomic mass is 10.2. The smallest absolute Gasteiger partial charge is 0.215 e. The van der Waals surface area contributed by atoms with Gasteiger partial charge in [-0.2, -0.15) is 0 Å². The highest BCUT2D eigenvalue weighted by Crippen LogP contribution is 2.26. The summed E-state index contributed by atoms with van der Waals surface area (Å²) in [5, 5.41) is 2.93. The van der Waals surface area contributed by atoms with Gasteiger partial charge >= 0.3 is 0 Å². The van der Waals surface area contributed by atoms with Crippen LogP contribution in [0.3, 0.4) is 0 Å². The van der Waals surface area contributed by atoms with Gasteiger partial charge in [0.15, 0.2) is 0 Å². The van der Waals surface area contributed by atoms with Crippen LogP contribution in [0.2, 0.25) is 0 Å². The quantitative estimate of drug-likeness (QED) is 0.892. The highest BCUT2D eigenvalue weighted by atomic mass is 32.2. The van der Waals surface area contributed by atoms with Crippen LogP contribution in [0.5, 0.6) is 0 Å². The maximum absolute atomic E-state index is 11.4. The SMILES string of the molecule is CNS(=O)(=O)Cc1csc2ccccc12. The summed E-state index contributed by atoms with van der Waals surface area (Å²) in [4.78, 5) is 0. The second-order valence-corrected chi connectivity index (χ2v) is 6.06. The van der Waals surface area contributed by atoms with Crippen molar-refractivity contribution in [3.05, 3.63) is 35.2 Å². The summed E-state index contributed by atoms with van der Waals surface area (Å²) in [7, 11) is -1.74. The van der Waals surface area contributed by atoms with E-state index in [9.17, 15) is 8.42 Å². The van der Waals surface area contributed by atoms with Gasteiger partial charge in [0.25, 0.3) is 0 Å². The van der Waals surface area contributed by atoms with E-state index in [1.54, 1.807) is 11.3 Å². The third-order valence-electron chi connectivity index (χ3n) is 2.22. The van der Waals surface area contributed by atoms with Gasteiger partial charge in [-0.25, -0.2) is 13.1 Å². The van der Waals surface area contributed by atoms with Crippen molar-refractivity contribution in [3.8, 4) is 0 Å². The molecule has 1 aromatic heterocycles. The van der Waals surface area contributed by atoms with Crippen molar-refractivity contribution in [1.82, 2.24) is 4.72 Å². The monoisotopic (exact) mass is 241 g/mol. The summed E-state index contributed by atoms with van der Waals surface area (Å²) in [6, 6.07) is 7.82. The van der Waals surface area contributed by atoms with Crippen LogP contribution in [0.25, 0.3) is 10.1 Å². The van der Waals surface area contributed by atoms with Gasteiger partial charge in [0.05, 0.1) is 5.75 Å². The number of hydrogen-bond donors (Lipinski definition) is 1. The van der Waals surface area contributed by atoms with E-state index in [2.05, 4.69) is 4.72 Å². The lowest BCUT2D eigenvalue weighted by Gasteiger charge is -2.00. The molecule has 0 aliphatic rings. The molecule has 0 spiro atoms. The molecule has 0 saturated heterocycles. The molecule has 1 N–H and O–H groups in total. The van der Waals surface area contributed by atoms with Crippen molar-refractivity contribution in [2.24, 2.45) is 0 Å². The lowest BCUT2D eigenvalue weighted by Crippen LogP contribution is -2.20. The Morgan fingerprint density at radius 3 is 2.80 bits per heavy atom. The summed E-state index contributed by atoms with van der Waals surface area (Å²) in [5.41, 5.74) is 0.866. The molecule has 0 aliphatic heterocycles. The first-order chi connectivity index (χ1) is 7.12. The number of sulfonamides is 1. The Morgan fingerprint density at radius 1 is 1.33 bits per heavy atom. The van der Waals surface area contributed by atoms with Crippen LogP contribution in [0.1, 0.15) is 5.56 Å². The van der Waals surface area contributed by atoms with E-state index in [0.29, 0.717) is 0 Å². The molecule has 2 rings (SSSR count). The van der Waals surface area contributed by atoms with Crippen LogP contribution in [-0.2, 0) is 15.8 Å². The van der Waals surface area contributed by atoms with Crippen LogP contribution >= 0.6 is 11.3 Å². The fourth-order valence-corrected chi connectivity index (χ4v) is 3.28. The average molecular weight is 241 g/mol. The zero-order valence-electron chi connectivity index (χ0n) is 8.23. The maximum Gasteiger partial charge on any atom is 0.215 e. The normalized spacial score (nSPS) is 12.1. The van der Waals surface area contributed by atoms with Crippen molar-refractivity contribution >= 4 is 31.4 Å². The van der Waals surface area contributed by atoms with Crippen molar-refractivity contribution in [2.75, 3.05) is 7.05 Å². The summed E-state index contributed by atoms with van der Waals surface area (Å²) < 4.78 is 26.3. The molecule has 0 unspecified atom stereocenters. The predicted octanol–water partition coefficient (Wildman–Crippen LogP) is 1.95. The molecular formula is C10H11NO2S2. The first-order valence-corrected chi connectivity index (χ1v) is 7.02. The number of fused-ring (bicyclic) bond motifs is 1. The molecule has 0 bridgehead atoms. The van der Waals surface area contributed by atoms with Crippen LogP contribution in [0.15, 0.2) is 29.6 Å². The third-order valence-corrected chi connectivity index (χ3v) is 4.54. The highest BCUT2D eigenvalue weighted by molar-refractivity contribution is 7.88. The molecule has 3 nitrogen and oxygen atoms in total. The van der Waals surface area contributed by atoms with E-state index in [1.165, 1.54) is 7.05 Å². The first kappa shape index (κ1) is 10.6. The molecule has 5 heteroatoms. The van der Waals surface area contributed by atoms with E-state index in [4.69, 9.17) is 0 Å². The van der Waals surface area contributed by atoms with Crippen molar-refractivity contribution < 1.29 is 8.42 Å². The van der Waals surface area contributed by atoms with E-state index < -0.39 is 10.0 Å². The second kappa shape index (κ2) is 3.92. The Balaban J connectivity index is 2.46. The van der Waals surface area contributed by atoms with Crippen molar-refractivity contribution in [2.45, 2.75) is 5.75 Å². The minimum atomic E-state index is -3.18. The Morgan fingerprint density at radius 2 is 2.07 bits per heavy atom. The molecule has 0 radical (unpaired) electrons. The third kappa shape index (κ3) is 2.19. The molecule has 1 aromatic carbocycles. The number of thiophene rings is 1. The van der Waals surface area contributed by atoms with Gasteiger partial charge in [-0.05, 0) is 29.4 Å². The molecule has 0 fully saturated rings. The topological polar surface area (TPSA) is 46.2 Å². The Kier molecular flexibility index (Phi) is 2.77. The molecule has 0 amide bonds. The summed E-state index contributed by atoms with van der Waals surface area (Å²) in [6.07, 6.45) is 0. The molecular weight excluding hydrogens is 230 g/mol. The van der Waals surface area contributed by atoms with Gasteiger partial charge in [0.2, 0.25) is 10.0 Å². The molecule has 1 heterocycles. The van der Waals surface area contributed by atoms with E-state index in [1.807, 2.05) is 29.6 Å². The highest BCUT2D eigenvalue weighted by Gasteiger charge is 2.12.